The van der Waals surface area contributed by atoms with Gasteiger partial charge in [-0.2, -0.15) is 0 Å². The molecule has 2 aliphatic heterocycles. The molecule has 3 N–H and O–H groups in total. The topological polar surface area (TPSA) is 199 Å². The number of benzene rings is 1. The molecule has 0 bridgehead atoms. The Labute approximate surface area is 329 Å². The number of aromatic amines is 1. The molecule has 8 rings (SSSR count). The van der Waals surface area contributed by atoms with E-state index in [1.54, 1.807) is 30.5 Å². The van der Waals surface area contributed by atoms with E-state index in [2.05, 4.69) is 41.7 Å². The van der Waals surface area contributed by atoms with Crippen LogP contribution in [0.1, 0.15) is 68.6 Å². The molecule has 17 heteroatoms. The minimum absolute atomic E-state index is 0.0142. The molecule has 4 fully saturated rings. The highest BCUT2D eigenvalue weighted by Gasteiger charge is 2.48. The number of ether oxygens (including phenoxy) is 1. The van der Waals surface area contributed by atoms with Crippen molar-refractivity contribution in [1.29, 1.82) is 0 Å². The Balaban J connectivity index is 0.983. The van der Waals surface area contributed by atoms with Gasteiger partial charge in [-0.1, -0.05) is 30.9 Å². The molecule has 298 valence electrons. The van der Waals surface area contributed by atoms with Crippen LogP contribution in [0.2, 0.25) is 0 Å². The second-order valence-electron chi connectivity index (χ2n) is 16.0. The maximum atomic E-state index is 13.8. The number of nitrogens with one attached hydrogen (secondary N) is 3. The van der Waals surface area contributed by atoms with Crippen molar-refractivity contribution < 1.29 is 27.4 Å². The molecule has 0 atom stereocenters. The molecule has 1 amide bonds. The number of hydrogen-bond donors (Lipinski definition) is 3. The number of sulfonamides is 1. The van der Waals surface area contributed by atoms with Crippen LogP contribution in [0.25, 0.3) is 11.0 Å². The number of piperidine rings is 1. The lowest BCUT2D eigenvalue weighted by atomic mass is 9.60. The van der Waals surface area contributed by atoms with Crippen molar-refractivity contribution in [3.05, 3.63) is 70.7 Å². The van der Waals surface area contributed by atoms with Gasteiger partial charge in [0.15, 0.2) is 0 Å². The third-order valence-electron chi connectivity index (χ3n) is 12.3. The number of nitrogens with zero attached hydrogens (tertiary/aromatic N) is 5. The van der Waals surface area contributed by atoms with Crippen LogP contribution in [-0.2, 0) is 21.2 Å². The van der Waals surface area contributed by atoms with Crippen molar-refractivity contribution in [2.24, 2.45) is 17.3 Å². The number of anilines is 2. The number of hydrogen-bond acceptors (Lipinski definition) is 12. The number of rotatable bonds is 11. The molecule has 3 aromatic heterocycles. The van der Waals surface area contributed by atoms with Crippen molar-refractivity contribution in [2.45, 2.75) is 69.2 Å². The summed E-state index contributed by atoms with van der Waals surface area (Å²) in [5.74, 6) is 2.06. The van der Waals surface area contributed by atoms with E-state index < -0.39 is 42.6 Å². The van der Waals surface area contributed by atoms with Gasteiger partial charge in [0.25, 0.3) is 15.9 Å². The number of amides is 1. The van der Waals surface area contributed by atoms with E-state index in [9.17, 15) is 27.9 Å². The fourth-order valence-electron chi connectivity index (χ4n) is 8.81. The summed E-state index contributed by atoms with van der Waals surface area (Å²) in [6.07, 6.45) is 12.9. The Hall–Kier alpha value is -4.45. The van der Waals surface area contributed by atoms with E-state index in [0.29, 0.717) is 41.2 Å². The molecule has 5 heterocycles. The van der Waals surface area contributed by atoms with Crippen molar-refractivity contribution in [3.8, 4) is 11.5 Å². The van der Waals surface area contributed by atoms with Gasteiger partial charge in [-0.15, -0.1) is 0 Å². The number of pyridine rings is 2. The van der Waals surface area contributed by atoms with Crippen LogP contribution in [0.5, 0.6) is 11.5 Å². The van der Waals surface area contributed by atoms with Gasteiger partial charge in [0.05, 0.1) is 22.9 Å². The van der Waals surface area contributed by atoms with Crippen molar-refractivity contribution in [3.63, 3.8) is 0 Å². The molecule has 0 radical (unpaired) electrons. The molecule has 4 aliphatic rings. The molecular formula is C39H48N8O7S2. The zero-order valence-electron chi connectivity index (χ0n) is 31.4. The average molecular weight is 805 g/mol. The standard InChI is InChI=1S/C39H48N8O7S2/c1-26-2-4-27(5-3-26)23-41-37-34(47(49)50)20-32(25-43-37)56(52,53)44-38(48)33-7-6-29(19-35(33)54-31-18-28-8-11-40-36(28)42-24-31)45-12-9-39(10-13-45)21-30(22-39)46-14-16-55(51)17-15-46/h6-8,11,18-20,24-27,30H,2-5,9-10,12-17,21-23H2,1H3,(H,40,42)(H,41,43)(H,44,48)/t26-,27+. The lowest BCUT2D eigenvalue weighted by Crippen LogP contribution is -2.57. The molecule has 1 aromatic carbocycles. The molecule has 15 nitrogen and oxygen atoms in total. The molecule has 1 spiro atoms. The first-order valence-electron chi connectivity index (χ1n) is 19.5. The fourth-order valence-corrected chi connectivity index (χ4v) is 10.8. The van der Waals surface area contributed by atoms with Crippen LogP contribution in [0, 0.1) is 27.4 Å². The number of fused-ring (bicyclic) bond motifs is 1. The third kappa shape index (κ3) is 8.31. The van der Waals surface area contributed by atoms with Crippen molar-refractivity contribution >= 4 is 55.3 Å². The highest BCUT2D eigenvalue weighted by Crippen LogP contribution is 2.51. The maximum Gasteiger partial charge on any atom is 0.312 e. The molecule has 56 heavy (non-hydrogen) atoms. The lowest BCUT2D eigenvalue weighted by Gasteiger charge is -2.56. The molecular weight excluding hydrogens is 757 g/mol. The molecule has 4 aromatic rings. The minimum atomic E-state index is -4.58. The van der Waals surface area contributed by atoms with Gasteiger partial charge in [-0.3, -0.25) is 19.8 Å². The number of carbonyl (C=O) groups excluding carboxylic acids is 1. The van der Waals surface area contributed by atoms with Crippen LogP contribution in [0.15, 0.2) is 59.9 Å². The van der Waals surface area contributed by atoms with Crippen LogP contribution >= 0.6 is 0 Å². The molecule has 2 aliphatic carbocycles. The number of aromatic nitrogens is 3. The Bertz CT molecular complexity index is 2190. The monoisotopic (exact) mass is 804 g/mol. The molecule has 2 saturated heterocycles. The minimum Gasteiger partial charge on any atom is -0.616 e. The van der Waals surface area contributed by atoms with Crippen LogP contribution in [-0.4, -0.2) is 93.9 Å². The zero-order chi connectivity index (χ0) is 39.0. The first-order valence-corrected chi connectivity index (χ1v) is 22.5. The van der Waals surface area contributed by atoms with E-state index >= 15 is 0 Å². The predicted molar refractivity (Wildman–Crippen MR) is 214 cm³/mol. The summed E-state index contributed by atoms with van der Waals surface area (Å²) in [7, 11) is -4.58. The predicted octanol–water partition coefficient (Wildman–Crippen LogP) is 5.83. The summed E-state index contributed by atoms with van der Waals surface area (Å²) in [6.45, 7) is 6.19. The summed E-state index contributed by atoms with van der Waals surface area (Å²) in [6, 6.07) is 10.2. The molecule has 0 unspecified atom stereocenters. The highest BCUT2D eigenvalue weighted by atomic mass is 32.2. The average Bonchev–Trinajstić information content (AvgIpc) is 3.65. The van der Waals surface area contributed by atoms with E-state index in [1.807, 2.05) is 6.07 Å². The highest BCUT2D eigenvalue weighted by molar-refractivity contribution is 7.91. The second-order valence-corrected chi connectivity index (χ2v) is 19.4. The van der Waals surface area contributed by atoms with E-state index in [-0.39, 0.29) is 17.1 Å². The van der Waals surface area contributed by atoms with E-state index in [4.69, 9.17) is 4.74 Å². The lowest BCUT2D eigenvalue weighted by molar-refractivity contribution is -0.384. The Kier molecular flexibility index (Phi) is 10.9. The first kappa shape index (κ1) is 38.4. The number of nitro groups is 1. The van der Waals surface area contributed by atoms with Crippen LogP contribution in [0.3, 0.4) is 0 Å². The van der Waals surface area contributed by atoms with Gasteiger partial charge < -0.3 is 24.5 Å². The number of carbonyl (C=O) groups is 1. The quantitative estimate of drug-likeness (QED) is 0.0933. The Morgan fingerprint density at radius 2 is 1.79 bits per heavy atom. The zero-order valence-corrected chi connectivity index (χ0v) is 33.1. The van der Waals surface area contributed by atoms with E-state index in [1.165, 1.54) is 6.20 Å². The Morgan fingerprint density at radius 1 is 1.04 bits per heavy atom. The summed E-state index contributed by atoms with van der Waals surface area (Å²) >= 11 is -0.684. The normalized spacial score (nSPS) is 22.1. The summed E-state index contributed by atoms with van der Waals surface area (Å²) in [5, 5.41) is 15.9. The van der Waals surface area contributed by atoms with Crippen LogP contribution in [0.4, 0.5) is 17.2 Å². The fraction of sp³-hybridized carbons (Fsp3) is 0.513. The maximum absolute atomic E-state index is 13.8. The summed E-state index contributed by atoms with van der Waals surface area (Å²) in [5.41, 5.74) is 1.28. The van der Waals surface area contributed by atoms with Crippen molar-refractivity contribution in [1.82, 2.24) is 24.6 Å². The largest absolute Gasteiger partial charge is 0.616 e. The first-order chi connectivity index (χ1) is 26.9. The smallest absolute Gasteiger partial charge is 0.312 e. The SMILES string of the molecule is C[C@H]1CC[C@@H](CNc2ncc(S(=O)(=O)NC(=O)c3ccc(N4CCC5(CC4)CC(N4CC[S+]([O-])CC4)C5)cc3Oc3cnc4[nH]ccc4c3)cc2[N+](=O)[O-])CC1. The third-order valence-corrected chi connectivity index (χ3v) is 14.9. The summed E-state index contributed by atoms with van der Waals surface area (Å²) < 4.78 is 47.4. The van der Waals surface area contributed by atoms with Crippen molar-refractivity contribution in [2.75, 3.05) is 54.4 Å². The van der Waals surface area contributed by atoms with Gasteiger partial charge >= 0.3 is 5.69 Å². The Morgan fingerprint density at radius 3 is 2.52 bits per heavy atom. The van der Waals surface area contributed by atoms with Gasteiger partial charge in [-0.05, 0) is 80.0 Å². The van der Waals surface area contributed by atoms with Gasteiger partial charge in [0, 0.05) is 68.2 Å². The number of H-pyrrole nitrogens is 1. The molecule has 2 saturated carbocycles. The summed E-state index contributed by atoms with van der Waals surface area (Å²) in [4.78, 5) is 41.0. The second kappa shape index (κ2) is 15.8. The van der Waals surface area contributed by atoms with Gasteiger partial charge in [0.1, 0.15) is 33.5 Å². The van der Waals surface area contributed by atoms with Crippen LogP contribution < -0.4 is 19.7 Å². The van der Waals surface area contributed by atoms with E-state index in [0.717, 1.165) is 112 Å². The van der Waals surface area contributed by atoms with Gasteiger partial charge in [0.2, 0.25) is 5.82 Å². The van der Waals surface area contributed by atoms with Gasteiger partial charge in [-0.25, -0.2) is 23.1 Å².